The van der Waals surface area contributed by atoms with Crippen LogP contribution in [-0.2, 0) is 20.3 Å². The minimum atomic E-state index is -0.0953. The smallest absolute Gasteiger partial charge is 0.209 e. The van der Waals surface area contributed by atoms with Crippen LogP contribution in [0.2, 0.25) is 0 Å². The molecule has 5 rings (SSSR count). The lowest BCUT2D eigenvalue weighted by molar-refractivity contribution is -0.438. The number of hydrogen-bond acceptors (Lipinski definition) is 3. The van der Waals surface area contributed by atoms with Gasteiger partial charge in [0.25, 0.3) is 0 Å². The molecule has 0 saturated carbocycles. The van der Waals surface area contributed by atoms with Gasteiger partial charge in [0.15, 0.2) is 12.3 Å². The first-order chi connectivity index (χ1) is 21.0. The fraction of sp³-hybridized carbons (Fsp3) is 0.432. The molecule has 2 aliphatic heterocycles. The standard InChI is InChI=1S/C37H44ClI2N2O2/c1-36(2)29-23-27(39)13-15-31(29)41(19-7-21-43-5)33(36)17-11-25-9-10-26(35(25)38)12-18-34-37(3,4)30-24-28(40)14-16-32(30)42(34)20-8-22-44-6/h11-18,23-24H,7-10,19-22H2,1-6H3/q+1. The molecule has 44 heavy (non-hydrogen) atoms. The van der Waals surface area contributed by atoms with Crippen LogP contribution in [0.1, 0.15) is 64.5 Å². The lowest BCUT2D eigenvalue weighted by atomic mass is 9.81. The average molecular weight is 838 g/mol. The van der Waals surface area contributed by atoms with E-state index in [0.29, 0.717) is 0 Å². The van der Waals surface area contributed by atoms with E-state index in [1.54, 1.807) is 14.2 Å². The average Bonchev–Trinajstić information content (AvgIpc) is 3.51. The Morgan fingerprint density at radius 1 is 0.864 bits per heavy atom. The van der Waals surface area contributed by atoms with Crippen LogP contribution in [-0.4, -0.2) is 50.8 Å². The van der Waals surface area contributed by atoms with Gasteiger partial charge < -0.3 is 14.4 Å². The highest BCUT2D eigenvalue weighted by Gasteiger charge is 2.44. The van der Waals surface area contributed by atoms with Gasteiger partial charge in [0, 0.05) is 80.5 Å². The Bertz CT molecular complexity index is 1580. The zero-order valence-electron chi connectivity index (χ0n) is 26.8. The molecular weight excluding hydrogens is 794 g/mol. The molecular formula is C37H44ClI2N2O2+. The van der Waals surface area contributed by atoms with Gasteiger partial charge in [0.2, 0.25) is 5.69 Å². The molecule has 0 atom stereocenters. The summed E-state index contributed by atoms with van der Waals surface area (Å²) < 4.78 is 15.8. The maximum atomic E-state index is 7.11. The van der Waals surface area contributed by atoms with E-state index in [1.807, 2.05) is 0 Å². The summed E-state index contributed by atoms with van der Waals surface area (Å²) in [5.74, 6) is 0. The van der Waals surface area contributed by atoms with Crippen molar-refractivity contribution >= 4 is 73.9 Å². The molecule has 0 spiro atoms. The molecule has 7 heteroatoms. The third-order valence-corrected chi connectivity index (χ3v) is 11.1. The third kappa shape index (κ3) is 6.66. The van der Waals surface area contributed by atoms with E-state index in [-0.39, 0.29) is 10.8 Å². The van der Waals surface area contributed by atoms with Crippen molar-refractivity contribution in [2.75, 3.05) is 45.4 Å². The summed E-state index contributed by atoms with van der Waals surface area (Å²) in [5.41, 5.74) is 10.2. The SMILES string of the molecule is COCCCN1/C(=C/C=C2\CCC(/C=C/C3=[N+](CCCOC)c4ccc(I)cc4C3(C)C)=C2Cl)C(C)(C)c2cc(I)ccc21. The highest BCUT2D eigenvalue weighted by Crippen LogP contribution is 2.49. The van der Waals surface area contributed by atoms with Crippen molar-refractivity contribution in [1.82, 2.24) is 0 Å². The number of benzene rings is 2. The van der Waals surface area contributed by atoms with Crippen molar-refractivity contribution in [1.29, 1.82) is 0 Å². The zero-order valence-corrected chi connectivity index (χ0v) is 31.8. The van der Waals surface area contributed by atoms with Gasteiger partial charge in [-0.15, -0.1) is 0 Å². The minimum absolute atomic E-state index is 0.0953. The van der Waals surface area contributed by atoms with Crippen LogP contribution in [0, 0.1) is 7.14 Å². The molecule has 3 aliphatic rings. The molecule has 2 heterocycles. The Morgan fingerprint density at radius 2 is 1.55 bits per heavy atom. The van der Waals surface area contributed by atoms with Crippen LogP contribution in [0.5, 0.6) is 0 Å². The van der Waals surface area contributed by atoms with Crippen LogP contribution in [0.4, 0.5) is 11.4 Å². The zero-order chi connectivity index (χ0) is 31.6. The van der Waals surface area contributed by atoms with Gasteiger partial charge in [-0.3, -0.25) is 0 Å². The maximum absolute atomic E-state index is 7.11. The lowest BCUT2D eigenvalue weighted by Gasteiger charge is -2.27. The van der Waals surface area contributed by atoms with Crippen molar-refractivity contribution in [3.05, 3.63) is 101 Å². The van der Waals surface area contributed by atoms with E-state index in [1.165, 1.54) is 52.2 Å². The van der Waals surface area contributed by atoms with E-state index < -0.39 is 0 Å². The minimum Gasteiger partial charge on any atom is -0.385 e. The number of nitrogens with zero attached hydrogens (tertiary/aromatic N) is 2. The van der Waals surface area contributed by atoms with E-state index in [9.17, 15) is 0 Å². The van der Waals surface area contributed by atoms with Crippen LogP contribution in [0.15, 0.2) is 82.6 Å². The first-order valence-corrected chi connectivity index (χ1v) is 18.0. The van der Waals surface area contributed by atoms with Crippen molar-refractivity contribution in [3.63, 3.8) is 0 Å². The third-order valence-electron chi connectivity index (χ3n) is 9.28. The van der Waals surface area contributed by atoms with Crippen molar-refractivity contribution in [2.24, 2.45) is 0 Å². The number of rotatable bonds is 11. The van der Waals surface area contributed by atoms with Crippen LogP contribution in [0.25, 0.3) is 0 Å². The quantitative estimate of drug-likeness (QED) is 0.128. The van der Waals surface area contributed by atoms with Crippen LogP contribution < -0.4 is 4.90 Å². The number of allylic oxidation sites excluding steroid dienone is 8. The summed E-state index contributed by atoms with van der Waals surface area (Å²) in [4.78, 5) is 2.48. The van der Waals surface area contributed by atoms with Gasteiger partial charge in [-0.05, 0) is 131 Å². The number of ether oxygens (including phenoxy) is 2. The second kappa shape index (κ2) is 14.1. The highest BCUT2D eigenvalue weighted by molar-refractivity contribution is 14.1. The van der Waals surface area contributed by atoms with Crippen molar-refractivity contribution < 1.29 is 14.0 Å². The summed E-state index contributed by atoms with van der Waals surface area (Å²) in [6.07, 6.45) is 13.0. The molecule has 1 aliphatic carbocycles. The Kier molecular flexibility index (Phi) is 10.9. The van der Waals surface area contributed by atoms with Gasteiger partial charge >= 0.3 is 0 Å². The summed E-state index contributed by atoms with van der Waals surface area (Å²) >= 11 is 12.0. The number of hydrogen-bond donors (Lipinski definition) is 0. The van der Waals surface area contributed by atoms with Gasteiger partial charge in [-0.1, -0.05) is 37.6 Å². The summed E-state index contributed by atoms with van der Waals surface area (Å²) in [6.45, 7) is 12.7. The second-order valence-corrected chi connectivity index (χ2v) is 15.7. The number of methoxy groups -OCH3 is 2. The molecule has 0 fully saturated rings. The number of halogens is 3. The van der Waals surface area contributed by atoms with Crippen LogP contribution >= 0.6 is 56.8 Å². The molecule has 234 valence electrons. The predicted molar refractivity (Wildman–Crippen MR) is 202 cm³/mol. The van der Waals surface area contributed by atoms with Gasteiger partial charge in [0.1, 0.15) is 0 Å². The van der Waals surface area contributed by atoms with E-state index in [2.05, 4.69) is 143 Å². The fourth-order valence-corrected chi connectivity index (χ4v) is 8.18. The topological polar surface area (TPSA) is 24.7 Å². The molecule has 2 aromatic carbocycles. The normalized spacial score (nSPS) is 20.6. The predicted octanol–water partition coefficient (Wildman–Crippen LogP) is 9.80. The fourth-order valence-electron chi connectivity index (χ4n) is 6.88. The summed E-state index contributed by atoms with van der Waals surface area (Å²) in [6, 6.07) is 13.6. The van der Waals surface area contributed by atoms with E-state index in [4.69, 9.17) is 21.1 Å². The largest absolute Gasteiger partial charge is 0.385 e. The van der Waals surface area contributed by atoms with Gasteiger partial charge in [-0.2, -0.15) is 4.58 Å². The van der Waals surface area contributed by atoms with Crippen LogP contribution in [0.3, 0.4) is 0 Å². The molecule has 0 bridgehead atoms. The number of fused-ring (bicyclic) bond motifs is 2. The van der Waals surface area contributed by atoms with E-state index >= 15 is 0 Å². The first kappa shape index (κ1) is 33.9. The molecule has 0 radical (unpaired) electrons. The molecule has 4 nitrogen and oxygen atoms in total. The Hall–Kier alpha value is -1.46. The molecule has 0 N–H and O–H groups in total. The number of anilines is 1. The second-order valence-electron chi connectivity index (χ2n) is 12.9. The maximum Gasteiger partial charge on any atom is 0.209 e. The molecule has 0 unspecified atom stereocenters. The lowest BCUT2D eigenvalue weighted by Crippen LogP contribution is -2.28. The Labute approximate surface area is 296 Å². The van der Waals surface area contributed by atoms with Gasteiger partial charge in [-0.25, -0.2) is 0 Å². The summed E-state index contributed by atoms with van der Waals surface area (Å²) in [7, 11) is 3.55. The Morgan fingerprint density at radius 3 is 2.27 bits per heavy atom. The molecule has 0 aromatic heterocycles. The monoisotopic (exact) mass is 837 g/mol. The first-order valence-electron chi connectivity index (χ1n) is 15.5. The van der Waals surface area contributed by atoms with Gasteiger partial charge in [0.05, 0.1) is 12.0 Å². The van der Waals surface area contributed by atoms with E-state index in [0.717, 1.165) is 57.0 Å². The Balaban J connectivity index is 1.46. The highest BCUT2D eigenvalue weighted by atomic mass is 127. The molecule has 0 saturated heterocycles. The summed E-state index contributed by atoms with van der Waals surface area (Å²) in [5, 5.41) is 0.890. The molecule has 2 aromatic rings. The molecule has 0 amide bonds. The van der Waals surface area contributed by atoms with Crippen molar-refractivity contribution in [2.45, 2.75) is 64.2 Å². The van der Waals surface area contributed by atoms with Crippen molar-refractivity contribution in [3.8, 4) is 0 Å².